The molecule has 0 unspecified atom stereocenters. The lowest BCUT2D eigenvalue weighted by molar-refractivity contribution is -0.127. The van der Waals surface area contributed by atoms with Crippen molar-refractivity contribution in [1.29, 1.82) is 0 Å². The third kappa shape index (κ3) is 5.99. The van der Waals surface area contributed by atoms with Gasteiger partial charge in [0, 0.05) is 17.7 Å². The van der Waals surface area contributed by atoms with Crippen LogP contribution in [0.15, 0.2) is 36.4 Å². The van der Waals surface area contributed by atoms with Crippen molar-refractivity contribution in [2.75, 3.05) is 13.2 Å². The molecule has 1 fully saturated rings. The second-order valence-corrected chi connectivity index (χ2v) is 7.09. The van der Waals surface area contributed by atoms with E-state index in [0.717, 1.165) is 0 Å². The van der Waals surface area contributed by atoms with Crippen molar-refractivity contribution in [3.63, 3.8) is 0 Å². The molecule has 3 amide bonds. The number of hydrogen-bond donors (Lipinski definition) is 3. The van der Waals surface area contributed by atoms with Crippen LogP contribution in [-0.4, -0.2) is 54.8 Å². The molecule has 156 valence electrons. The Kier molecular flexibility index (Phi) is 7.67. The van der Waals surface area contributed by atoms with Crippen molar-refractivity contribution in [3.8, 4) is 0 Å². The molecular formula is C21H27N3O5. The minimum Gasteiger partial charge on any atom is -0.368 e. The van der Waals surface area contributed by atoms with Gasteiger partial charge in [-0.3, -0.25) is 19.2 Å². The first-order chi connectivity index (χ1) is 13.7. The lowest BCUT2D eigenvalue weighted by Crippen LogP contribution is -2.53. The first-order valence-corrected chi connectivity index (χ1v) is 9.51. The highest BCUT2D eigenvalue weighted by atomic mass is 16.5. The summed E-state index contributed by atoms with van der Waals surface area (Å²) in [5, 5.41) is 8.01. The van der Waals surface area contributed by atoms with E-state index in [1.807, 2.05) is 6.92 Å². The molecule has 1 aromatic rings. The molecule has 0 spiro atoms. The lowest BCUT2D eigenvalue weighted by Gasteiger charge is -2.22. The fraction of sp³-hybridized carbons (Fsp3) is 0.429. The van der Waals surface area contributed by atoms with E-state index in [4.69, 9.17) is 4.74 Å². The van der Waals surface area contributed by atoms with Crippen LogP contribution in [-0.2, 0) is 14.3 Å². The van der Waals surface area contributed by atoms with Gasteiger partial charge in [0.15, 0.2) is 5.78 Å². The van der Waals surface area contributed by atoms with Crippen LogP contribution in [0.5, 0.6) is 0 Å². The summed E-state index contributed by atoms with van der Waals surface area (Å²) < 4.78 is 5.24. The molecule has 1 heterocycles. The van der Waals surface area contributed by atoms with Crippen molar-refractivity contribution < 1.29 is 23.9 Å². The molecule has 8 heteroatoms. The first-order valence-electron chi connectivity index (χ1n) is 9.51. The van der Waals surface area contributed by atoms with Crippen LogP contribution < -0.4 is 16.0 Å². The van der Waals surface area contributed by atoms with Crippen molar-refractivity contribution in [2.24, 2.45) is 0 Å². The Morgan fingerprint density at radius 3 is 2.24 bits per heavy atom. The Morgan fingerprint density at radius 1 is 1.17 bits per heavy atom. The molecule has 0 aromatic heterocycles. The Bertz CT molecular complexity index is 803. The molecule has 0 bridgehead atoms. The zero-order valence-corrected chi connectivity index (χ0v) is 16.9. The smallest absolute Gasteiger partial charge is 0.251 e. The predicted molar refractivity (Wildman–Crippen MR) is 107 cm³/mol. The normalized spacial score (nSPS) is 19.3. The van der Waals surface area contributed by atoms with Gasteiger partial charge in [-0.25, -0.2) is 0 Å². The van der Waals surface area contributed by atoms with Crippen LogP contribution in [0, 0.1) is 0 Å². The van der Waals surface area contributed by atoms with Gasteiger partial charge in [-0.1, -0.05) is 5.57 Å². The summed E-state index contributed by atoms with van der Waals surface area (Å²) in [6, 6.07) is 4.51. The van der Waals surface area contributed by atoms with Gasteiger partial charge in [0.05, 0.1) is 6.10 Å². The molecule has 3 atom stereocenters. The summed E-state index contributed by atoms with van der Waals surface area (Å²) in [5.41, 5.74) is 1.46. The zero-order valence-electron chi connectivity index (χ0n) is 16.9. The number of benzene rings is 1. The van der Waals surface area contributed by atoms with Gasteiger partial charge in [-0.05, 0) is 51.5 Å². The lowest BCUT2D eigenvalue weighted by atomic mass is 10.0. The van der Waals surface area contributed by atoms with Crippen molar-refractivity contribution >= 4 is 23.5 Å². The highest BCUT2D eigenvalue weighted by molar-refractivity contribution is 6.00. The molecule has 0 radical (unpaired) electrons. The number of carbonyl (C=O) groups is 4. The van der Waals surface area contributed by atoms with E-state index in [1.165, 1.54) is 12.1 Å². The molecule has 3 N–H and O–H groups in total. The summed E-state index contributed by atoms with van der Waals surface area (Å²) in [5.74, 6) is -1.37. The number of Topliss-reactive ketones (excluding diaryl/α,β-unsaturated/α-hetero) is 1. The summed E-state index contributed by atoms with van der Waals surface area (Å²) in [6.07, 6.45) is -0.195. The molecule has 2 rings (SSSR count). The molecule has 1 aliphatic rings. The van der Waals surface area contributed by atoms with Gasteiger partial charge in [-0.2, -0.15) is 0 Å². The van der Waals surface area contributed by atoms with E-state index >= 15 is 0 Å². The molecule has 29 heavy (non-hydrogen) atoms. The average molecular weight is 401 g/mol. The minimum atomic E-state index is -0.885. The number of rotatable bonds is 8. The monoisotopic (exact) mass is 401 g/mol. The topological polar surface area (TPSA) is 114 Å². The number of nitrogens with one attached hydrogen (secondary N) is 3. The molecule has 1 aromatic carbocycles. The molecule has 1 saturated heterocycles. The van der Waals surface area contributed by atoms with Crippen molar-refractivity contribution in [2.45, 2.75) is 45.4 Å². The fourth-order valence-corrected chi connectivity index (χ4v) is 2.95. The Balaban J connectivity index is 2.07. The van der Waals surface area contributed by atoms with Gasteiger partial charge >= 0.3 is 0 Å². The Hall–Kier alpha value is -3.00. The van der Waals surface area contributed by atoms with E-state index in [1.54, 1.807) is 26.0 Å². The summed E-state index contributed by atoms with van der Waals surface area (Å²) >= 11 is 0. The number of amides is 3. The van der Waals surface area contributed by atoms with Crippen molar-refractivity contribution in [3.05, 3.63) is 47.5 Å². The maximum Gasteiger partial charge on any atom is 0.251 e. The SMILES string of the molecule is C=C(C)C[C@H](NC(=O)c1ccc(C(=O)NCC)cc1)C(=O)N[C@@H]1C(=O)CO[C@@H]1C. The summed E-state index contributed by atoms with van der Waals surface area (Å²) in [6.45, 7) is 9.54. The van der Waals surface area contributed by atoms with Gasteiger partial charge in [0.1, 0.15) is 18.7 Å². The van der Waals surface area contributed by atoms with Crippen LogP contribution in [0.4, 0.5) is 0 Å². The van der Waals surface area contributed by atoms with Gasteiger partial charge in [-0.15, -0.1) is 6.58 Å². The third-order valence-corrected chi connectivity index (χ3v) is 4.52. The fourth-order valence-electron chi connectivity index (χ4n) is 2.95. The van der Waals surface area contributed by atoms with Crippen molar-refractivity contribution in [1.82, 2.24) is 16.0 Å². The quantitative estimate of drug-likeness (QED) is 0.562. The highest BCUT2D eigenvalue weighted by Gasteiger charge is 2.35. The van der Waals surface area contributed by atoms with Gasteiger partial charge in [0.2, 0.25) is 5.91 Å². The second-order valence-electron chi connectivity index (χ2n) is 7.09. The van der Waals surface area contributed by atoms with E-state index in [-0.39, 0.29) is 24.7 Å². The first kappa shape index (κ1) is 22.3. The molecule has 1 aliphatic heterocycles. The Morgan fingerprint density at radius 2 is 1.76 bits per heavy atom. The highest BCUT2D eigenvalue weighted by Crippen LogP contribution is 2.12. The molecule has 0 saturated carbocycles. The third-order valence-electron chi connectivity index (χ3n) is 4.52. The minimum absolute atomic E-state index is 0.0401. The second kappa shape index (κ2) is 9.97. The average Bonchev–Trinajstić information content (AvgIpc) is 2.99. The van der Waals surface area contributed by atoms with E-state index < -0.39 is 30.0 Å². The maximum atomic E-state index is 12.7. The van der Waals surface area contributed by atoms with Crippen LogP contribution >= 0.6 is 0 Å². The van der Waals surface area contributed by atoms with Gasteiger partial charge < -0.3 is 20.7 Å². The van der Waals surface area contributed by atoms with E-state index in [0.29, 0.717) is 23.2 Å². The number of carbonyl (C=O) groups excluding carboxylic acids is 4. The predicted octanol–water partition coefficient (Wildman–Crippen LogP) is 0.974. The molecular weight excluding hydrogens is 374 g/mol. The van der Waals surface area contributed by atoms with E-state index in [2.05, 4.69) is 22.5 Å². The molecule has 8 nitrogen and oxygen atoms in total. The van der Waals surface area contributed by atoms with Gasteiger partial charge in [0.25, 0.3) is 11.8 Å². The standard InChI is InChI=1S/C21H27N3O5/c1-5-22-19(26)14-6-8-15(9-7-14)20(27)23-16(10-12(2)3)21(28)24-18-13(4)29-11-17(18)25/h6-9,13,16,18H,2,5,10-11H2,1,3-4H3,(H,22,26)(H,23,27)(H,24,28)/t13-,16+,18+/m1/s1. The van der Waals surface area contributed by atoms with Crippen LogP contribution in [0.1, 0.15) is 47.9 Å². The Labute approximate surface area is 170 Å². The summed E-state index contributed by atoms with van der Waals surface area (Å²) in [4.78, 5) is 49.0. The zero-order chi connectivity index (χ0) is 21.6. The summed E-state index contributed by atoms with van der Waals surface area (Å²) in [7, 11) is 0. The number of hydrogen-bond acceptors (Lipinski definition) is 5. The molecule has 0 aliphatic carbocycles. The number of ether oxygens (including phenoxy) is 1. The maximum absolute atomic E-state index is 12.7. The van der Waals surface area contributed by atoms with Crippen LogP contribution in [0.2, 0.25) is 0 Å². The van der Waals surface area contributed by atoms with Crippen LogP contribution in [0.3, 0.4) is 0 Å². The van der Waals surface area contributed by atoms with E-state index in [9.17, 15) is 19.2 Å². The van der Waals surface area contributed by atoms with Crippen LogP contribution in [0.25, 0.3) is 0 Å². The largest absolute Gasteiger partial charge is 0.368 e. The number of ketones is 1.